The number of nitrogens with zero attached hydrogens (tertiary/aromatic N) is 2. The Bertz CT molecular complexity index is 673. The molecule has 0 unspecified atom stereocenters. The zero-order valence-electron chi connectivity index (χ0n) is 13.3. The van der Waals surface area contributed by atoms with E-state index in [1.54, 1.807) is 23.5 Å². The molecule has 0 spiro atoms. The quantitative estimate of drug-likeness (QED) is 0.515. The molecule has 124 valence electrons. The summed E-state index contributed by atoms with van der Waals surface area (Å²) in [7, 11) is 1.32. The van der Waals surface area contributed by atoms with E-state index in [-0.39, 0.29) is 5.69 Å². The Morgan fingerprint density at radius 3 is 2.83 bits per heavy atom. The van der Waals surface area contributed by atoms with E-state index in [2.05, 4.69) is 39.7 Å². The van der Waals surface area contributed by atoms with Gasteiger partial charge in [-0.05, 0) is 46.8 Å². The molecular weight excluding hydrogens is 380 g/mol. The predicted octanol–water partition coefficient (Wildman–Crippen LogP) is 4.25. The molecule has 2 aromatic heterocycles. The molecule has 0 radical (unpaired) electrons. The second kappa shape index (κ2) is 8.40. The van der Waals surface area contributed by atoms with Crippen LogP contribution in [0.5, 0.6) is 5.75 Å². The maximum atomic E-state index is 11.8. The number of halogens is 1. The van der Waals surface area contributed by atoms with Gasteiger partial charge in [0.15, 0.2) is 11.4 Å². The second-order valence-corrected chi connectivity index (χ2v) is 7.18. The van der Waals surface area contributed by atoms with Crippen molar-refractivity contribution < 1.29 is 14.3 Å². The zero-order valence-corrected chi connectivity index (χ0v) is 15.7. The van der Waals surface area contributed by atoms with E-state index in [0.29, 0.717) is 22.9 Å². The molecule has 0 fully saturated rings. The monoisotopic (exact) mass is 398 g/mol. The molecule has 23 heavy (non-hydrogen) atoms. The third-order valence-corrected chi connectivity index (χ3v) is 4.51. The van der Waals surface area contributed by atoms with Crippen LogP contribution < -0.4 is 4.74 Å². The standard InChI is InChI=1S/C16H19BrN2O3S/c1-10(2)4-7-14-18-11(9-23-14)8-22-12-5-6-13(17)19-15(12)16(20)21-3/h5-6,9-10H,4,7-8H2,1-3H3. The molecule has 0 N–H and O–H groups in total. The van der Waals surface area contributed by atoms with Gasteiger partial charge in [-0.15, -0.1) is 11.3 Å². The normalized spacial score (nSPS) is 10.8. The van der Waals surface area contributed by atoms with Gasteiger partial charge in [-0.3, -0.25) is 0 Å². The van der Waals surface area contributed by atoms with E-state index in [9.17, 15) is 4.79 Å². The van der Waals surface area contributed by atoms with Gasteiger partial charge in [0.2, 0.25) is 0 Å². The molecule has 0 aliphatic carbocycles. The van der Waals surface area contributed by atoms with Crippen LogP contribution in [0.25, 0.3) is 0 Å². The largest absolute Gasteiger partial charge is 0.485 e. The highest BCUT2D eigenvalue weighted by Gasteiger charge is 2.16. The van der Waals surface area contributed by atoms with Crippen LogP contribution in [0.1, 0.15) is 41.5 Å². The predicted molar refractivity (Wildman–Crippen MR) is 92.9 cm³/mol. The first kappa shape index (κ1) is 17.9. The maximum Gasteiger partial charge on any atom is 0.360 e. The lowest BCUT2D eigenvalue weighted by Crippen LogP contribution is -2.08. The highest BCUT2D eigenvalue weighted by Crippen LogP contribution is 2.22. The SMILES string of the molecule is COC(=O)c1nc(Br)ccc1OCc1csc(CCC(C)C)n1. The van der Waals surface area contributed by atoms with E-state index in [4.69, 9.17) is 9.47 Å². The Kier molecular flexibility index (Phi) is 6.53. The number of aryl methyl sites for hydroxylation is 1. The number of carbonyl (C=O) groups is 1. The van der Waals surface area contributed by atoms with Crippen molar-refractivity contribution in [2.75, 3.05) is 7.11 Å². The summed E-state index contributed by atoms with van der Waals surface area (Å²) in [5.41, 5.74) is 1.00. The van der Waals surface area contributed by atoms with Crippen molar-refractivity contribution in [3.63, 3.8) is 0 Å². The minimum Gasteiger partial charge on any atom is -0.485 e. The second-order valence-electron chi connectivity index (χ2n) is 5.43. The average molecular weight is 399 g/mol. The Labute approximate surface area is 148 Å². The Hall–Kier alpha value is -1.47. The van der Waals surface area contributed by atoms with Crippen molar-refractivity contribution in [3.05, 3.63) is 38.5 Å². The molecule has 0 aliphatic rings. The van der Waals surface area contributed by atoms with Crippen molar-refractivity contribution in [2.24, 2.45) is 5.92 Å². The lowest BCUT2D eigenvalue weighted by molar-refractivity contribution is 0.0588. The van der Waals surface area contributed by atoms with Crippen LogP contribution in [0, 0.1) is 5.92 Å². The van der Waals surface area contributed by atoms with Gasteiger partial charge in [0.05, 0.1) is 17.8 Å². The van der Waals surface area contributed by atoms with Crippen LogP contribution >= 0.6 is 27.3 Å². The van der Waals surface area contributed by atoms with Crippen molar-refractivity contribution in [1.29, 1.82) is 0 Å². The van der Waals surface area contributed by atoms with Gasteiger partial charge in [-0.25, -0.2) is 14.8 Å². The van der Waals surface area contributed by atoms with Gasteiger partial charge in [0.25, 0.3) is 0 Å². The van der Waals surface area contributed by atoms with Crippen molar-refractivity contribution in [2.45, 2.75) is 33.3 Å². The van der Waals surface area contributed by atoms with Crippen LogP contribution in [-0.4, -0.2) is 23.0 Å². The van der Waals surface area contributed by atoms with Crippen LogP contribution in [-0.2, 0) is 17.8 Å². The number of esters is 1. The number of hydrogen-bond donors (Lipinski definition) is 0. The third-order valence-electron chi connectivity index (χ3n) is 3.11. The van der Waals surface area contributed by atoms with Gasteiger partial charge in [0, 0.05) is 5.38 Å². The third kappa shape index (κ3) is 5.28. The number of rotatable bonds is 7. The van der Waals surface area contributed by atoms with Gasteiger partial charge in [0.1, 0.15) is 11.2 Å². The van der Waals surface area contributed by atoms with Crippen LogP contribution in [0.4, 0.5) is 0 Å². The number of ether oxygens (including phenoxy) is 2. The molecular formula is C16H19BrN2O3S. The van der Waals surface area contributed by atoms with Crippen molar-refractivity contribution in [3.8, 4) is 5.75 Å². The summed E-state index contributed by atoms with van der Waals surface area (Å²) in [6.45, 7) is 4.70. The summed E-state index contributed by atoms with van der Waals surface area (Å²) in [4.78, 5) is 20.4. The van der Waals surface area contributed by atoms with E-state index < -0.39 is 5.97 Å². The molecule has 2 heterocycles. The smallest absolute Gasteiger partial charge is 0.360 e. The Morgan fingerprint density at radius 2 is 2.13 bits per heavy atom. The van der Waals surface area contributed by atoms with Gasteiger partial charge < -0.3 is 9.47 Å². The minimum absolute atomic E-state index is 0.150. The van der Waals surface area contributed by atoms with E-state index in [1.807, 2.05) is 5.38 Å². The molecule has 0 aliphatic heterocycles. The first-order valence-electron chi connectivity index (χ1n) is 7.30. The molecule has 5 nitrogen and oxygen atoms in total. The molecule has 0 saturated heterocycles. The molecule has 0 saturated carbocycles. The topological polar surface area (TPSA) is 61.3 Å². The average Bonchev–Trinajstić information content (AvgIpc) is 2.99. The summed E-state index contributed by atoms with van der Waals surface area (Å²) in [5.74, 6) is 0.518. The van der Waals surface area contributed by atoms with Crippen molar-refractivity contribution >= 4 is 33.2 Å². The first-order valence-corrected chi connectivity index (χ1v) is 8.97. The fraction of sp³-hybridized carbons (Fsp3) is 0.438. The summed E-state index contributed by atoms with van der Waals surface area (Å²) in [6.07, 6.45) is 2.10. The molecule has 7 heteroatoms. The number of hydrogen-bond acceptors (Lipinski definition) is 6. The summed E-state index contributed by atoms with van der Waals surface area (Å²) < 4.78 is 11.0. The highest BCUT2D eigenvalue weighted by molar-refractivity contribution is 9.10. The lowest BCUT2D eigenvalue weighted by Gasteiger charge is -2.08. The minimum atomic E-state index is -0.530. The van der Waals surface area contributed by atoms with E-state index in [1.165, 1.54) is 7.11 Å². The molecule has 2 rings (SSSR count). The Balaban J connectivity index is 2.02. The molecule has 2 aromatic rings. The molecule has 0 aromatic carbocycles. The number of thiazole rings is 1. The van der Waals surface area contributed by atoms with Gasteiger partial charge in [-0.1, -0.05) is 13.8 Å². The number of methoxy groups -OCH3 is 1. The van der Waals surface area contributed by atoms with E-state index >= 15 is 0 Å². The Morgan fingerprint density at radius 1 is 1.35 bits per heavy atom. The fourth-order valence-corrected chi connectivity index (χ4v) is 2.98. The summed E-state index contributed by atoms with van der Waals surface area (Å²) in [6, 6.07) is 3.41. The van der Waals surface area contributed by atoms with E-state index in [0.717, 1.165) is 23.5 Å². The van der Waals surface area contributed by atoms with Crippen LogP contribution in [0.15, 0.2) is 22.1 Å². The van der Waals surface area contributed by atoms with Gasteiger partial charge >= 0.3 is 5.97 Å². The fourth-order valence-electron chi connectivity index (χ4n) is 1.88. The molecule has 0 atom stereocenters. The number of aromatic nitrogens is 2. The van der Waals surface area contributed by atoms with Gasteiger partial charge in [-0.2, -0.15) is 0 Å². The molecule has 0 bridgehead atoms. The lowest BCUT2D eigenvalue weighted by atomic mass is 10.1. The highest BCUT2D eigenvalue weighted by atomic mass is 79.9. The summed E-state index contributed by atoms with van der Waals surface area (Å²) in [5, 5.41) is 3.10. The van der Waals surface area contributed by atoms with Crippen molar-refractivity contribution in [1.82, 2.24) is 9.97 Å². The number of carbonyl (C=O) groups excluding carboxylic acids is 1. The van der Waals surface area contributed by atoms with Crippen LogP contribution in [0.3, 0.4) is 0 Å². The first-order chi connectivity index (χ1) is 11.0. The van der Waals surface area contributed by atoms with Crippen LogP contribution in [0.2, 0.25) is 0 Å². The molecule has 0 amide bonds. The zero-order chi connectivity index (χ0) is 16.8. The summed E-state index contributed by atoms with van der Waals surface area (Å²) >= 11 is 4.88. The maximum absolute atomic E-state index is 11.8. The number of pyridine rings is 1.